The summed E-state index contributed by atoms with van der Waals surface area (Å²) in [5.41, 5.74) is 2.46. The van der Waals surface area contributed by atoms with Gasteiger partial charge in [-0.15, -0.1) is 0 Å². The number of aromatic hydroxyl groups is 2. The number of benzene rings is 2. The molecule has 2 aromatic rings. The zero-order chi connectivity index (χ0) is 18.6. The maximum Gasteiger partial charge on any atom is 0.223 e. The Kier molecular flexibility index (Phi) is 3.65. The minimum absolute atomic E-state index is 0.119. The number of ether oxygens (including phenoxy) is 1. The fraction of sp³-hybridized carbons (Fsp3) is 0.381. The van der Waals surface area contributed by atoms with Gasteiger partial charge in [0.1, 0.15) is 28.5 Å². The Balaban J connectivity index is 2.10. The van der Waals surface area contributed by atoms with Crippen LogP contribution < -0.4 is 4.74 Å². The minimum Gasteiger partial charge on any atom is -0.508 e. The molecule has 0 bridgehead atoms. The van der Waals surface area contributed by atoms with Gasteiger partial charge in [0.2, 0.25) is 5.91 Å². The number of fused-ring (bicyclic) bond motifs is 4. The predicted octanol–water partition coefficient (Wildman–Crippen LogP) is 4.10. The summed E-state index contributed by atoms with van der Waals surface area (Å²) < 4.78 is 6.20. The van der Waals surface area contributed by atoms with Crippen LogP contribution in [0.25, 0.3) is 0 Å². The van der Waals surface area contributed by atoms with Gasteiger partial charge < -0.3 is 19.8 Å². The molecule has 2 aliphatic rings. The van der Waals surface area contributed by atoms with Crippen molar-refractivity contribution >= 4 is 5.91 Å². The highest BCUT2D eigenvalue weighted by Gasteiger charge is 2.50. The van der Waals surface area contributed by atoms with Gasteiger partial charge in [-0.1, -0.05) is 0 Å². The summed E-state index contributed by atoms with van der Waals surface area (Å²) in [6.07, 6.45) is 2.10. The molecule has 5 heteroatoms. The quantitative estimate of drug-likeness (QED) is 0.810. The van der Waals surface area contributed by atoms with E-state index in [2.05, 4.69) is 0 Å². The largest absolute Gasteiger partial charge is 0.508 e. The lowest BCUT2D eigenvalue weighted by molar-refractivity contribution is -0.140. The molecular formula is C21H23NO4. The number of rotatable bonds is 1. The molecule has 136 valence electrons. The fourth-order valence-corrected chi connectivity index (χ4v) is 4.51. The summed E-state index contributed by atoms with van der Waals surface area (Å²) in [4.78, 5) is 14.7. The molecule has 2 heterocycles. The SMILES string of the molecule is CCN1C(=O)CCCC12c1ccc(O)c(C)c1Oc1c2ccc(O)c1C. The van der Waals surface area contributed by atoms with Crippen molar-refractivity contribution in [1.82, 2.24) is 4.90 Å². The Hall–Kier alpha value is -2.69. The van der Waals surface area contributed by atoms with E-state index in [0.717, 1.165) is 24.0 Å². The van der Waals surface area contributed by atoms with Crippen LogP contribution in [-0.2, 0) is 10.3 Å². The first kappa shape index (κ1) is 16.8. The zero-order valence-electron chi connectivity index (χ0n) is 15.3. The van der Waals surface area contributed by atoms with Crippen LogP contribution in [0.2, 0.25) is 0 Å². The molecular weight excluding hydrogens is 330 g/mol. The number of likely N-dealkylation sites (tertiary alicyclic amines) is 1. The van der Waals surface area contributed by atoms with Crippen LogP contribution in [-0.4, -0.2) is 27.6 Å². The number of amides is 1. The molecule has 1 fully saturated rings. The van der Waals surface area contributed by atoms with Crippen molar-refractivity contribution in [2.45, 2.75) is 45.6 Å². The average molecular weight is 353 g/mol. The van der Waals surface area contributed by atoms with Gasteiger partial charge >= 0.3 is 0 Å². The normalized spacial score (nSPS) is 17.7. The first-order valence-corrected chi connectivity index (χ1v) is 9.06. The summed E-state index contributed by atoms with van der Waals surface area (Å²) in [6, 6.07) is 7.07. The molecule has 0 radical (unpaired) electrons. The van der Waals surface area contributed by atoms with E-state index in [0.29, 0.717) is 35.6 Å². The highest BCUT2D eigenvalue weighted by Crippen LogP contribution is 2.57. The van der Waals surface area contributed by atoms with E-state index in [1.54, 1.807) is 12.1 Å². The molecule has 1 amide bonds. The molecule has 1 saturated heterocycles. The van der Waals surface area contributed by atoms with E-state index in [1.807, 2.05) is 37.8 Å². The maximum absolute atomic E-state index is 12.8. The second-order valence-corrected chi connectivity index (χ2v) is 7.13. The second kappa shape index (κ2) is 5.66. The number of phenols is 2. The van der Waals surface area contributed by atoms with Crippen LogP contribution in [0.1, 0.15) is 48.4 Å². The first-order chi connectivity index (χ1) is 12.4. The molecule has 2 aliphatic heterocycles. The molecule has 2 N–H and O–H groups in total. The van der Waals surface area contributed by atoms with Crippen molar-refractivity contribution in [2.24, 2.45) is 0 Å². The number of hydrogen-bond acceptors (Lipinski definition) is 4. The van der Waals surface area contributed by atoms with Crippen molar-refractivity contribution < 1.29 is 19.7 Å². The van der Waals surface area contributed by atoms with Crippen molar-refractivity contribution in [3.8, 4) is 23.0 Å². The van der Waals surface area contributed by atoms with Crippen molar-refractivity contribution in [1.29, 1.82) is 0 Å². The summed E-state index contributed by atoms with van der Waals surface area (Å²) >= 11 is 0. The van der Waals surface area contributed by atoms with Crippen LogP contribution >= 0.6 is 0 Å². The van der Waals surface area contributed by atoms with Crippen LogP contribution in [0.15, 0.2) is 24.3 Å². The van der Waals surface area contributed by atoms with Gasteiger partial charge in [-0.05, 0) is 57.9 Å². The van der Waals surface area contributed by atoms with Gasteiger partial charge in [-0.3, -0.25) is 4.79 Å². The predicted molar refractivity (Wildman–Crippen MR) is 97.8 cm³/mol. The second-order valence-electron chi connectivity index (χ2n) is 7.13. The lowest BCUT2D eigenvalue weighted by Crippen LogP contribution is -2.54. The van der Waals surface area contributed by atoms with Gasteiger partial charge in [-0.25, -0.2) is 0 Å². The Morgan fingerprint density at radius 2 is 1.58 bits per heavy atom. The van der Waals surface area contributed by atoms with Crippen LogP contribution in [0.4, 0.5) is 0 Å². The third kappa shape index (κ3) is 2.00. The standard InChI is InChI=1S/C21H23NO4/c1-4-22-18(25)6-5-11-21(22)14-7-9-16(23)12(2)19(14)26-20-13(3)17(24)10-8-15(20)21/h7-10,23-24H,4-6,11H2,1-3H3. The molecule has 0 saturated carbocycles. The van der Waals surface area contributed by atoms with Gasteiger partial charge in [-0.2, -0.15) is 0 Å². The monoisotopic (exact) mass is 353 g/mol. The zero-order valence-corrected chi connectivity index (χ0v) is 15.3. The van der Waals surface area contributed by atoms with Gasteiger partial charge in [0.05, 0.1) is 0 Å². The molecule has 0 aromatic heterocycles. The number of hydrogen-bond donors (Lipinski definition) is 2. The first-order valence-electron chi connectivity index (χ1n) is 9.06. The average Bonchev–Trinajstić information content (AvgIpc) is 2.62. The van der Waals surface area contributed by atoms with Gasteiger partial charge in [0.25, 0.3) is 0 Å². The van der Waals surface area contributed by atoms with Crippen LogP contribution in [0, 0.1) is 13.8 Å². The van der Waals surface area contributed by atoms with E-state index in [9.17, 15) is 15.0 Å². The van der Waals surface area contributed by atoms with Gasteiger partial charge in [0, 0.05) is 35.2 Å². The van der Waals surface area contributed by atoms with E-state index >= 15 is 0 Å². The number of piperidine rings is 1. The lowest BCUT2D eigenvalue weighted by Gasteiger charge is -2.50. The Labute approximate surface area is 152 Å². The summed E-state index contributed by atoms with van der Waals surface area (Å²) in [7, 11) is 0. The molecule has 26 heavy (non-hydrogen) atoms. The Morgan fingerprint density at radius 1 is 1.04 bits per heavy atom. The highest BCUT2D eigenvalue weighted by atomic mass is 16.5. The van der Waals surface area contributed by atoms with Crippen molar-refractivity contribution in [3.05, 3.63) is 46.5 Å². The number of carbonyl (C=O) groups excluding carboxylic acids is 1. The van der Waals surface area contributed by atoms with Crippen molar-refractivity contribution in [2.75, 3.05) is 6.54 Å². The molecule has 1 spiro atoms. The third-order valence-corrected chi connectivity index (χ3v) is 5.86. The van der Waals surface area contributed by atoms with E-state index in [4.69, 9.17) is 4.74 Å². The molecule has 0 unspecified atom stereocenters. The van der Waals surface area contributed by atoms with Gasteiger partial charge in [0.15, 0.2) is 0 Å². The topological polar surface area (TPSA) is 70.0 Å². The third-order valence-electron chi connectivity index (χ3n) is 5.86. The molecule has 5 nitrogen and oxygen atoms in total. The fourth-order valence-electron chi connectivity index (χ4n) is 4.51. The van der Waals surface area contributed by atoms with Crippen LogP contribution in [0.3, 0.4) is 0 Å². The summed E-state index contributed by atoms with van der Waals surface area (Å²) in [6.45, 7) is 6.19. The van der Waals surface area contributed by atoms with E-state index in [1.165, 1.54) is 0 Å². The number of phenolic OH excluding ortho intramolecular Hbond substituents is 2. The summed E-state index contributed by atoms with van der Waals surface area (Å²) in [5.74, 6) is 1.60. The Morgan fingerprint density at radius 3 is 2.08 bits per heavy atom. The number of carbonyl (C=O) groups is 1. The summed E-state index contributed by atoms with van der Waals surface area (Å²) in [5, 5.41) is 20.4. The maximum atomic E-state index is 12.8. The van der Waals surface area contributed by atoms with Crippen LogP contribution in [0.5, 0.6) is 23.0 Å². The minimum atomic E-state index is -0.635. The molecule has 2 aromatic carbocycles. The van der Waals surface area contributed by atoms with E-state index in [-0.39, 0.29) is 17.4 Å². The van der Waals surface area contributed by atoms with E-state index < -0.39 is 5.54 Å². The lowest BCUT2D eigenvalue weighted by atomic mass is 9.72. The molecule has 4 rings (SSSR count). The molecule has 0 aliphatic carbocycles. The number of nitrogens with zero attached hydrogens (tertiary/aromatic N) is 1. The Bertz CT molecular complexity index is 861. The highest BCUT2D eigenvalue weighted by molar-refractivity contribution is 5.81. The molecule has 0 atom stereocenters. The smallest absolute Gasteiger partial charge is 0.223 e. The van der Waals surface area contributed by atoms with Crippen molar-refractivity contribution in [3.63, 3.8) is 0 Å².